The Morgan fingerprint density at radius 2 is 2.00 bits per heavy atom. The second kappa shape index (κ2) is 5.34. The fourth-order valence-electron chi connectivity index (χ4n) is 1.14. The third-order valence-corrected chi connectivity index (χ3v) is 2.37. The smallest absolute Gasteiger partial charge is 0.415 e. The van der Waals surface area contributed by atoms with Crippen LogP contribution >= 0.6 is 15.9 Å². The van der Waals surface area contributed by atoms with Crippen molar-refractivity contribution in [2.75, 3.05) is 0 Å². The fourth-order valence-corrected chi connectivity index (χ4v) is 1.64. The van der Waals surface area contributed by atoms with Crippen molar-refractivity contribution in [2.45, 2.75) is 26.4 Å². The molecule has 0 aliphatic rings. The number of nitrogens with one attached hydrogen (secondary N) is 2. The summed E-state index contributed by atoms with van der Waals surface area (Å²) in [6.07, 6.45) is -0.852. The number of imide groups is 1. The number of carbonyl (C=O) groups excluding carboxylic acids is 2. The lowest BCUT2D eigenvalue weighted by Crippen LogP contribution is -2.42. The minimum Gasteiger partial charge on any atom is -0.443 e. The van der Waals surface area contributed by atoms with E-state index in [1.54, 1.807) is 32.9 Å². The molecular weight excluding hydrogens is 302 g/mol. The number of rotatable bonds is 0. The van der Waals surface area contributed by atoms with Crippen molar-refractivity contribution in [3.05, 3.63) is 28.3 Å². The van der Waals surface area contributed by atoms with Crippen LogP contribution in [-0.2, 0) is 4.74 Å². The first-order valence-electron chi connectivity index (χ1n) is 5.17. The zero-order chi connectivity index (χ0) is 13.9. The van der Waals surface area contributed by atoms with Crippen molar-refractivity contribution < 1.29 is 14.3 Å². The SMILES string of the molecule is CC(C)(C)OC(=O)NC(=O)n1c(Br)cccc1=N. The molecule has 1 aromatic rings. The number of hydrogen-bond acceptors (Lipinski definition) is 4. The number of amides is 2. The van der Waals surface area contributed by atoms with Crippen molar-refractivity contribution >= 4 is 28.1 Å². The highest BCUT2D eigenvalue weighted by molar-refractivity contribution is 9.10. The lowest BCUT2D eigenvalue weighted by Gasteiger charge is -2.19. The number of alkyl carbamates (subject to hydrolysis) is 1. The number of nitrogens with zero attached hydrogens (tertiary/aromatic N) is 1. The van der Waals surface area contributed by atoms with Crippen LogP contribution in [0.3, 0.4) is 0 Å². The largest absolute Gasteiger partial charge is 0.443 e. The van der Waals surface area contributed by atoms with E-state index in [0.29, 0.717) is 4.60 Å². The zero-order valence-electron chi connectivity index (χ0n) is 10.3. The van der Waals surface area contributed by atoms with Gasteiger partial charge in [0, 0.05) is 0 Å². The maximum absolute atomic E-state index is 11.8. The molecule has 1 heterocycles. The van der Waals surface area contributed by atoms with Gasteiger partial charge in [-0.25, -0.2) is 19.5 Å². The van der Waals surface area contributed by atoms with Crippen LogP contribution < -0.4 is 10.8 Å². The number of ether oxygens (including phenoxy) is 1. The Balaban J connectivity index is 2.84. The highest BCUT2D eigenvalue weighted by Gasteiger charge is 2.19. The summed E-state index contributed by atoms with van der Waals surface area (Å²) in [5.41, 5.74) is -0.738. The summed E-state index contributed by atoms with van der Waals surface area (Å²) in [6.45, 7) is 5.08. The number of pyridine rings is 1. The minimum atomic E-state index is -0.852. The maximum atomic E-state index is 11.8. The van der Waals surface area contributed by atoms with E-state index in [1.165, 1.54) is 6.07 Å². The Morgan fingerprint density at radius 1 is 1.39 bits per heavy atom. The normalized spacial score (nSPS) is 10.9. The Kier molecular flexibility index (Phi) is 4.28. The van der Waals surface area contributed by atoms with E-state index in [0.717, 1.165) is 4.57 Å². The van der Waals surface area contributed by atoms with Gasteiger partial charge in [0.25, 0.3) is 0 Å². The number of hydrogen-bond donors (Lipinski definition) is 2. The lowest BCUT2D eigenvalue weighted by molar-refractivity contribution is 0.0547. The van der Waals surface area contributed by atoms with Gasteiger partial charge in [-0.3, -0.25) is 5.41 Å². The maximum Gasteiger partial charge on any atom is 0.415 e. The molecule has 0 aliphatic heterocycles. The van der Waals surface area contributed by atoms with Crippen molar-refractivity contribution in [3.8, 4) is 0 Å². The highest BCUT2D eigenvalue weighted by Crippen LogP contribution is 2.08. The highest BCUT2D eigenvalue weighted by atomic mass is 79.9. The molecule has 0 unspecified atom stereocenters. The number of carbonyl (C=O) groups is 2. The molecule has 1 rings (SSSR count). The first-order valence-corrected chi connectivity index (χ1v) is 5.96. The van der Waals surface area contributed by atoms with Gasteiger partial charge in [0.05, 0.1) is 4.60 Å². The predicted octanol–water partition coefficient (Wildman–Crippen LogP) is 2.22. The van der Waals surface area contributed by atoms with E-state index in [9.17, 15) is 9.59 Å². The third-order valence-electron chi connectivity index (χ3n) is 1.75. The first-order chi connectivity index (χ1) is 8.20. The van der Waals surface area contributed by atoms with E-state index in [2.05, 4.69) is 15.9 Å². The monoisotopic (exact) mass is 315 g/mol. The molecule has 0 spiro atoms. The molecule has 0 aliphatic carbocycles. The van der Waals surface area contributed by atoms with Gasteiger partial charge in [0.15, 0.2) is 0 Å². The Labute approximate surface area is 113 Å². The van der Waals surface area contributed by atoms with Gasteiger partial charge in [0.2, 0.25) is 0 Å². The van der Waals surface area contributed by atoms with Crippen LogP contribution in [0.2, 0.25) is 0 Å². The summed E-state index contributed by atoms with van der Waals surface area (Å²) in [6, 6.07) is 3.89. The average molecular weight is 316 g/mol. The van der Waals surface area contributed by atoms with Gasteiger partial charge >= 0.3 is 12.1 Å². The fraction of sp³-hybridized carbons (Fsp3) is 0.364. The molecule has 18 heavy (non-hydrogen) atoms. The molecule has 7 heteroatoms. The van der Waals surface area contributed by atoms with Gasteiger partial charge in [0.1, 0.15) is 11.1 Å². The second-order valence-electron chi connectivity index (χ2n) is 4.50. The Bertz CT molecular complexity index is 531. The van der Waals surface area contributed by atoms with Gasteiger partial charge < -0.3 is 4.74 Å². The summed E-state index contributed by atoms with van der Waals surface area (Å²) in [5, 5.41) is 9.63. The summed E-state index contributed by atoms with van der Waals surface area (Å²) >= 11 is 3.13. The van der Waals surface area contributed by atoms with Crippen LogP contribution in [0.15, 0.2) is 22.8 Å². The summed E-state index contributed by atoms with van der Waals surface area (Å²) < 4.78 is 6.32. The van der Waals surface area contributed by atoms with E-state index >= 15 is 0 Å². The number of halogens is 1. The average Bonchev–Trinajstić information content (AvgIpc) is 2.13. The molecule has 0 radical (unpaired) electrons. The van der Waals surface area contributed by atoms with Crippen molar-refractivity contribution in [1.82, 2.24) is 9.88 Å². The van der Waals surface area contributed by atoms with E-state index < -0.39 is 17.7 Å². The van der Waals surface area contributed by atoms with Crippen molar-refractivity contribution in [1.29, 1.82) is 5.41 Å². The van der Waals surface area contributed by atoms with Crippen molar-refractivity contribution in [2.24, 2.45) is 0 Å². The Hall–Kier alpha value is -1.63. The van der Waals surface area contributed by atoms with E-state index in [-0.39, 0.29) is 5.49 Å². The molecule has 6 nitrogen and oxygen atoms in total. The Morgan fingerprint density at radius 3 is 2.50 bits per heavy atom. The lowest BCUT2D eigenvalue weighted by atomic mass is 10.2. The third kappa shape index (κ3) is 3.99. The molecule has 98 valence electrons. The van der Waals surface area contributed by atoms with E-state index in [1.807, 2.05) is 5.32 Å². The molecule has 2 amide bonds. The quantitative estimate of drug-likeness (QED) is 0.720. The molecular formula is C11H14BrN3O3. The first kappa shape index (κ1) is 14.4. The van der Waals surface area contributed by atoms with Crippen LogP contribution in [0.4, 0.5) is 9.59 Å². The summed E-state index contributed by atoms with van der Waals surface area (Å²) in [7, 11) is 0. The van der Waals surface area contributed by atoms with Crippen LogP contribution in [0, 0.1) is 5.41 Å². The van der Waals surface area contributed by atoms with Crippen LogP contribution in [0.25, 0.3) is 0 Å². The van der Waals surface area contributed by atoms with E-state index in [4.69, 9.17) is 10.1 Å². The van der Waals surface area contributed by atoms with Gasteiger partial charge in [-0.1, -0.05) is 6.07 Å². The zero-order valence-corrected chi connectivity index (χ0v) is 11.9. The van der Waals surface area contributed by atoms with Gasteiger partial charge in [-0.05, 0) is 48.8 Å². The van der Waals surface area contributed by atoms with Crippen molar-refractivity contribution in [3.63, 3.8) is 0 Å². The predicted molar refractivity (Wildman–Crippen MR) is 68.2 cm³/mol. The van der Waals surface area contributed by atoms with Crippen LogP contribution in [0.1, 0.15) is 20.8 Å². The molecule has 0 aromatic carbocycles. The molecule has 0 fully saturated rings. The number of aromatic nitrogens is 1. The minimum absolute atomic E-state index is 0.0505. The molecule has 0 atom stereocenters. The molecule has 0 bridgehead atoms. The standard InChI is InChI=1S/C11H14BrN3O3/c1-11(2,3)18-10(17)14-9(16)15-7(12)5-4-6-8(15)13/h4-6,13H,1-3H3,(H,14,16,17). The summed E-state index contributed by atoms with van der Waals surface area (Å²) in [5.74, 6) is 0. The molecule has 0 saturated heterocycles. The van der Waals surface area contributed by atoms with Gasteiger partial charge in [-0.2, -0.15) is 0 Å². The van der Waals surface area contributed by atoms with Gasteiger partial charge in [-0.15, -0.1) is 0 Å². The summed E-state index contributed by atoms with van der Waals surface area (Å²) in [4.78, 5) is 23.2. The molecule has 0 saturated carbocycles. The molecule has 2 N–H and O–H groups in total. The topological polar surface area (TPSA) is 84.2 Å². The van der Waals surface area contributed by atoms with Crippen LogP contribution in [0.5, 0.6) is 0 Å². The van der Waals surface area contributed by atoms with Crippen LogP contribution in [-0.4, -0.2) is 22.3 Å². The molecule has 1 aromatic heterocycles. The second-order valence-corrected chi connectivity index (χ2v) is 5.31.